The van der Waals surface area contributed by atoms with Crippen LogP contribution in [0.3, 0.4) is 0 Å². The van der Waals surface area contributed by atoms with Crippen LogP contribution in [0.4, 0.5) is 4.79 Å². The van der Waals surface area contributed by atoms with E-state index in [0.717, 1.165) is 27.8 Å². The maximum atomic E-state index is 13.3. The number of amides is 2. The number of benzene rings is 3. The van der Waals surface area contributed by atoms with Gasteiger partial charge in [0.1, 0.15) is 18.7 Å². The van der Waals surface area contributed by atoms with E-state index in [2.05, 4.69) is 22.8 Å². The third kappa shape index (κ3) is 7.07. The van der Waals surface area contributed by atoms with Gasteiger partial charge in [-0.25, -0.2) is 9.59 Å². The van der Waals surface area contributed by atoms with E-state index >= 15 is 0 Å². The van der Waals surface area contributed by atoms with E-state index < -0.39 is 36.2 Å². The first-order chi connectivity index (χ1) is 19.2. The summed E-state index contributed by atoms with van der Waals surface area (Å²) in [6.45, 7) is 5.71. The van der Waals surface area contributed by atoms with E-state index in [1.165, 1.54) is 0 Å². The third-order valence-electron chi connectivity index (χ3n) is 7.05. The van der Waals surface area contributed by atoms with Gasteiger partial charge in [0.15, 0.2) is 0 Å². The van der Waals surface area contributed by atoms with Gasteiger partial charge in [-0.1, -0.05) is 92.7 Å². The molecule has 3 aromatic carbocycles. The number of carbonyl (C=O) groups excluding carboxylic acids is 2. The van der Waals surface area contributed by atoms with Crippen molar-refractivity contribution in [2.75, 3.05) is 6.61 Å². The number of alkyl carbamates (subject to hydrolysis) is 1. The molecule has 1 aliphatic carbocycles. The fourth-order valence-corrected chi connectivity index (χ4v) is 5.02. The molecule has 0 aliphatic heterocycles. The number of hydrogen-bond donors (Lipinski definition) is 3. The first kappa shape index (κ1) is 28.8. The first-order valence-electron chi connectivity index (χ1n) is 13.5. The second-order valence-electron chi connectivity index (χ2n) is 10.5. The molecule has 0 fully saturated rings. The van der Waals surface area contributed by atoms with Gasteiger partial charge in [-0.3, -0.25) is 4.79 Å². The van der Waals surface area contributed by atoms with Crippen molar-refractivity contribution in [3.8, 4) is 11.1 Å². The highest BCUT2D eigenvalue weighted by Gasteiger charge is 2.33. The Labute approximate surface area is 234 Å². The molecule has 210 valence electrons. The Balaban J connectivity index is 1.46. The second kappa shape index (κ2) is 13.3. The van der Waals surface area contributed by atoms with Gasteiger partial charge in [0, 0.05) is 5.92 Å². The maximum Gasteiger partial charge on any atom is 0.407 e. The van der Waals surface area contributed by atoms with Crippen LogP contribution >= 0.6 is 0 Å². The lowest BCUT2D eigenvalue weighted by Crippen LogP contribution is -2.56. The molecule has 3 aromatic rings. The minimum absolute atomic E-state index is 0.0432. The highest BCUT2D eigenvalue weighted by Crippen LogP contribution is 2.44. The fraction of sp³-hybridized carbons (Fsp3) is 0.344. The first-order valence-corrected chi connectivity index (χ1v) is 13.5. The predicted molar refractivity (Wildman–Crippen MR) is 152 cm³/mol. The lowest BCUT2D eigenvalue weighted by Gasteiger charge is -2.27. The molecule has 1 aliphatic rings. The highest BCUT2D eigenvalue weighted by atomic mass is 16.5. The van der Waals surface area contributed by atoms with Crippen molar-refractivity contribution >= 4 is 18.0 Å². The number of carboxylic acids is 1. The zero-order chi connectivity index (χ0) is 28.6. The van der Waals surface area contributed by atoms with Gasteiger partial charge >= 0.3 is 12.1 Å². The quantitative estimate of drug-likeness (QED) is 0.292. The van der Waals surface area contributed by atoms with E-state index in [1.54, 1.807) is 6.92 Å². The van der Waals surface area contributed by atoms with Crippen molar-refractivity contribution in [3.63, 3.8) is 0 Å². The lowest BCUT2D eigenvalue weighted by molar-refractivity contribution is -0.143. The molecule has 3 N–H and O–H groups in total. The Bertz CT molecular complexity index is 1280. The van der Waals surface area contributed by atoms with Crippen molar-refractivity contribution < 1.29 is 29.0 Å². The Hall–Kier alpha value is -4.17. The van der Waals surface area contributed by atoms with Crippen molar-refractivity contribution in [2.24, 2.45) is 5.92 Å². The number of fused-ring (bicyclic) bond motifs is 3. The van der Waals surface area contributed by atoms with Crippen molar-refractivity contribution in [1.29, 1.82) is 0 Å². The summed E-state index contributed by atoms with van der Waals surface area (Å²) >= 11 is 0. The zero-order valence-electron chi connectivity index (χ0n) is 23.0. The molecular weight excluding hydrogens is 508 g/mol. The molecule has 8 nitrogen and oxygen atoms in total. The summed E-state index contributed by atoms with van der Waals surface area (Å²) in [5.41, 5.74) is 5.26. The minimum atomic E-state index is -1.17. The summed E-state index contributed by atoms with van der Waals surface area (Å²) in [7, 11) is 0. The minimum Gasteiger partial charge on any atom is -0.480 e. The number of carboxylic acid groups (broad SMARTS) is 1. The molecule has 0 bridgehead atoms. The summed E-state index contributed by atoms with van der Waals surface area (Å²) in [6, 6.07) is 23.2. The van der Waals surface area contributed by atoms with Crippen LogP contribution in [0.25, 0.3) is 11.1 Å². The SMILES string of the molecule is CC(C)C[C@@H](NC(=O)C(NC(=O)OCC1c2ccccc2-c2ccccc21)C(C)OCc1ccccc1)C(=O)O. The Morgan fingerprint density at radius 1 is 0.825 bits per heavy atom. The van der Waals surface area contributed by atoms with Crippen LogP contribution < -0.4 is 10.6 Å². The van der Waals surface area contributed by atoms with Crippen LogP contribution in [0.5, 0.6) is 0 Å². The Kier molecular flexibility index (Phi) is 9.56. The van der Waals surface area contributed by atoms with E-state index in [4.69, 9.17) is 9.47 Å². The van der Waals surface area contributed by atoms with Crippen LogP contribution in [0, 0.1) is 5.92 Å². The summed E-state index contributed by atoms with van der Waals surface area (Å²) in [5.74, 6) is -1.89. The van der Waals surface area contributed by atoms with Gasteiger partial charge < -0.3 is 25.2 Å². The Morgan fingerprint density at radius 3 is 1.98 bits per heavy atom. The molecule has 40 heavy (non-hydrogen) atoms. The fourth-order valence-electron chi connectivity index (χ4n) is 5.02. The second-order valence-corrected chi connectivity index (χ2v) is 10.5. The van der Waals surface area contributed by atoms with Gasteiger partial charge in [-0.2, -0.15) is 0 Å². The Morgan fingerprint density at radius 2 is 1.40 bits per heavy atom. The van der Waals surface area contributed by atoms with Crippen LogP contribution in [0.15, 0.2) is 78.9 Å². The molecule has 0 spiro atoms. The number of nitrogens with one attached hydrogen (secondary N) is 2. The topological polar surface area (TPSA) is 114 Å². The molecule has 8 heteroatoms. The van der Waals surface area contributed by atoms with Gasteiger partial charge in [0.2, 0.25) is 5.91 Å². The molecule has 4 rings (SSSR count). The lowest BCUT2D eigenvalue weighted by atomic mass is 9.98. The number of hydrogen-bond acceptors (Lipinski definition) is 5. The molecular formula is C32H36N2O6. The van der Waals surface area contributed by atoms with Gasteiger partial charge in [0.05, 0.1) is 12.7 Å². The van der Waals surface area contributed by atoms with Crippen molar-refractivity contribution in [1.82, 2.24) is 10.6 Å². The molecule has 2 amide bonds. The van der Waals surface area contributed by atoms with E-state index in [1.807, 2.05) is 80.6 Å². The smallest absolute Gasteiger partial charge is 0.407 e. The van der Waals surface area contributed by atoms with E-state index in [-0.39, 0.29) is 31.5 Å². The average molecular weight is 545 g/mol. The highest BCUT2D eigenvalue weighted by molar-refractivity contribution is 5.89. The molecule has 2 unspecified atom stereocenters. The molecule has 0 heterocycles. The normalized spacial score (nSPS) is 14.5. The van der Waals surface area contributed by atoms with Crippen LogP contribution in [-0.2, 0) is 25.7 Å². The third-order valence-corrected chi connectivity index (χ3v) is 7.05. The largest absolute Gasteiger partial charge is 0.480 e. The average Bonchev–Trinajstić information content (AvgIpc) is 3.27. The van der Waals surface area contributed by atoms with Gasteiger partial charge in [0.25, 0.3) is 0 Å². The van der Waals surface area contributed by atoms with Crippen LogP contribution in [-0.4, -0.2) is 47.9 Å². The van der Waals surface area contributed by atoms with Gasteiger partial charge in [-0.15, -0.1) is 0 Å². The van der Waals surface area contributed by atoms with Crippen LogP contribution in [0.1, 0.15) is 49.8 Å². The molecule has 0 saturated carbocycles. The standard InChI is InChI=1S/C32H36N2O6/c1-20(2)17-28(31(36)37)33-30(35)29(21(3)39-18-22-11-5-4-6-12-22)34-32(38)40-19-27-25-15-9-7-13-23(25)24-14-8-10-16-26(24)27/h4-16,20-21,27-29H,17-19H2,1-3H3,(H,33,35)(H,34,38)(H,36,37)/t21?,28-,29?/m1/s1. The number of rotatable bonds is 12. The number of carbonyl (C=O) groups is 3. The van der Waals surface area contributed by atoms with Crippen molar-refractivity contribution in [3.05, 3.63) is 95.6 Å². The van der Waals surface area contributed by atoms with Crippen LogP contribution in [0.2, 0.25) is 0 Å². The molecule has 3 atom stereocenters. The zero-order valence-corrected chi connectivity index (χ0v) is 23.0. The van der Waals surface area contributed by atoms with E-state index in [0.29, 0.717) is 0 Å². The number of aliphatic carboxylic acids is 1. The molecule has 0 aromatic heterocycles. The predicted octanol–water partition coefficient (Wildman–Crippen LogP) is 5.11. The summed E-state index contributed by atoms with van der Waals surface area (Å²) in [5, 5.41) is 14.8. The van der Waals surface area contributed by atoms with Gasteiger partial charge in [-0.05, 0) is 47.1 Å². The van der Waals surface area contributed by atoms with Crippen molar-refractivity contribution in [2.45, 2.75) is 57.9 Å². The van der Waals surface area contributed by atoms with E-state index in [9.17, 15) is 19.5 Å². The summed E-state index contributed by atoms with van der Waals surface area (Å²) < 4.78 is 11.6. The molecule has 0 saturated heterocycles. The maximum absolute atomic E-state index is 13.3. The summed E-state index contributed by atoms with van der Waals surface area (Å²) in [4.78, 5) is 38.1. The summed E-state index contributed by atoms with van der Waals surface area (Å²) in [6.07, 6.45) is -1.31. The molecule has 0 radical (unpaired) electrons. The monoisotopic (exact) mass is 544 g/mol. The number of ether oxygens (including phenoxy) is 2.